The molecular weight excluding hydrogens is 296 g/mol. The van der Waals surface area contributed by atoms with Gasteiger partial charge in [-0.1, -0.05) is 42.5 Å². The Morgan fingerprint density at radius 3 is 2.71 bits per heavy atom. The van der Waals surface area contributed by atoms with E-state index in [1.807, 2.05) is 0 Å². The molecule has 5 rings (SSSR count). The molecule has 0 bridgehead atoms. The topological polar surface area (TPSA) is 46.3 Å². The lowest BCUT2D eigenvalue weighted by Crippen LogP contribution is -2.34. The summed E-state index contributed by atoms with van der Waals surface area (Å²) >= 11 is 0. The molecule has 24 heavy (non-hydrogen) atoms. The molecule has 0 spiro atoms. The van der Waals surface area contributed by atoms with Gasteiger partial charge in [-0.3, -0.25) is 4.79 Å². The second kappa shape index (κ2) is 5.32. The number of likely N-dealkylation sites (tertiary alicyclic amines) is 1. The predicted octanol–water partition coefficient (Wildman–Crippen LogP) is 3.14. The van der Waals surface area contributed by atoms with Crippen LogP contribution in [0.4, 0.5) is 0 Å². The van der Waals surface area contributed by atoms with E-state index in [-0.39, 0.29) is 5.92 Å². The molecule has 5 atom stereocenters. The SMILES string of the molecule is NC1CCC2CN(C(=O)C3CC3c3ccc4ccccc4c3)CC12. The standard InChI is InChI=1S/C21H24N2O/c22-20-8-7-16-11-23(12-19(16)20)21(24)18-10-17(18)15-6-5-13-3-1-2-4-14(13)9-15/h1-6,9,16-20H,7-8,10-12,22H2. The molecule has 2 saturated carbocycles. The average molecular weight is 320 g/mol. The van der Waals surface area contributed by atoms with E-state index in [9.17, 15) is 4.79 Å². The Bertz CT molecular complexity index is 801. The first-order valence-corrected chi connectivity index (χ1v) is 9.24. The van der Waals surface area contributed by atoms with Crippen molar-refractivity contribution in [2.45, 2.75) is 31.2 Å². The summed E-state index contributed by atoms with van der Waals surface area (Å²) in [5, 5.41) is 2.54. The van der Waals surface area contributed by atoms with Crippen LogP contribution in [0.15, 0.2) is 42.5 Å². The molecule has 1 heterocycles. The summed E-state index contributed by atoms with van der Waals surface area (Å²) in [6.45, 7) is 1.84. The van der Waals surface area contributed by atoms with Crippen molar-refractivity contribution in [3.8, 4) is 0 Å². The third kappa shape index (κ3) is 2.26. The van der Waals surface area contributed by atoms with Crippen LogP contribution in [-0.2, 0) is 4.79 Å². The van der Waals surface area contributed by atoms with Crippen LogP contribution in [-0.4, -0.2) is 29.9 Å². The molecule has 2 aromatic carbocycles. The van der Waals surface area contributed by atoms with Crippen LogP contribution >= 0.6 is 0 Å². The Labute approximate surface area is 142 Å². The number of amides is 1. The Kier molecular flexibility index (Phi) is 3.21. The molecule has 3 nitrogen and oxygen atoms in total. The molecule has 124 valence electrons. The van der Waals surface area contributed by atoms with Crippen molar-refractivity contribution in [1.82, 2.24) is 4.90 Å². The predicted molar refractivity (Wildman–Crippen MR) is 95.6 cm³/mol. The molecule has 2 aromatic rings. The number of carbonyl (C=O) groups is 1. The maximum absolute atomic E-state index is 12.9. The number of benzene rings is 2. The van der Waals surface area contributed by atoms with Gasteiger partial charge in [-0.05, 0) is 53.4 Å². The molecule has 1 saturated heterocycles. The number of carbonyl (C=O) groups excluding carboxylic acids is 1. The van der Waals surface area contributed by atoms with Crippen molar-refractivity contribution in [3.63, 3.8) is 0 Å². The van der Waals surface area contributed by atoms with Gasteiger partial charge in [-0.15, -0.1) is 0 Å². The fourth-order valence-corrected chi connectivity index (χ4v) is 5.00. The van der Waals surface area contributed by atoms with Crippen LogP contribution in [0.3, 0.4) is 0 Å². The number of hydrogen-bond donors (Lipinski definition) is 1. The number of nitrogens with zero attached hydrogens (tertiary/aromatic N) is 1. The highest BCUT2D eigenvalue weighted by atomic mass is 16.2. The molecule has 0 radical (unpaired) electrons. The Hall–Kier alpha value is -1.87. The van der Waals surface area contributed by atoms with Gasteiger partial charge >= 0.3 is 0 Å². The van der Waals surface area contributed by atoms with Crippen molar-refractivity contribution in [2.75, 3.05) is 13.1 Å². The molecule has 2 aliphatic carbocycles. The van der Waals surface area contributed by atoms with Crippen LogP contribution in [0.5, 0.6) is 0 Å². The fourth-order valence-electron chi connectivity index (χ4n) is 5.00. The summed E-state index contributed by atoms with van der Waals surface area (Å²) in [7, 11) is 0. The molecule has 1 aliphatic heterocycles. The van der Waals surface area contributed by atoms with Gasteiger partial charge in [0, 0.05) is 25.0 Å². The summed E-state index contributed by atoms with van der Waals surface area (Å²) in [4.78, 5) is 15.0. The zero-order valence-electron chi connectivity index (χ0n) is 13.9. The number of rotatable bonds is 2. The number of fused-ring (bicyclic) bond motifs is 2. The Morgan fingerprint density at radius 1 is 1.04 bits per heavy atom. The first kappa shape index (κ1) is 14.5. The molecule has 0 aromatic heterocycles. The molecule has 1 amide bonds. The van der Waals surface area contributed by atoms with Gasteiger partial charge in [-0.25, -0.2) is 0 Å². The summed E-state index contributed by atoms with van der Waals surface area (Å²) in [6.07, 6.45) is 3.35. The van der Waals surface area contributed by atoms with Crippen LogP contribution in [0, 0.1) is 17.8 Å². The zero-order valence-corrected chi connectivity index (χ0v) is 13.9. The van der Waals surface area contributed by atoms with Gasteiger partial charge in [0.15, 0.2) is 0 Å². The van der Waals surface area contributed by atoms with Gasteiger partial charge in [0.1, 0.15) is 0 Å². The van der Waals surface area contributed by atoms with Crippen molar-refractivity contribution < 1.29 is 4.79 Å². The highest BCUT2D eigenvalue weighted by Gasteiger charge is 2.49. The van der Waals surface area contributed by atoms with E-state index < -0.39 is 0 Å². The fraction of sp³-hybridized carbons (Fsp3) is 0.476. The van der Waals surface area contributed by atoms with E-state index in [0.717, 1.165) is 25.9 Å². The smallest absolute Gasteiger partial charge is 0.226 e. The summed E-state index contributed by atoms with van der Waals surface area (Å²) < 4.78 is 0. The maximum atomic E-state index is 12.9. The van der Waals surface area contributed by atoms with E-state index in [0.29, 0.717) is 29.7 Å². The van der Waals surface area contributed by atoms with E-state index in [2.05, 4.69) is 47.4 Å². The van der Waals surface area contributed by atoms with Crippen LogP contribution < -0.4 is 5.73 Å². The lowest BCUT2D eigenvalue weighted by atomic mass is 9.98. The lowest BCUT2D eigenvalue weighted by Gasteiger charge is -2.19. The largest absolute Gasteiger partial charge is 0.342 e. The van der Waals surface area contributed by atoms with Gasteiger partial charge in [0.25, 0.3) is 0 Å². The van der Waals surface area contributed by atoms with E-state index in [1.54, 1.807) is 0 Å². The molecule has 3 heteroatoms. The van der Waals surface area contributed by atoms with Crippen LogP contribution in [0.2, 0.25) is 0 Å². The molecule has 2 N–H and O–H groups in total. The summed E-state index contributed by atoms with van der Waals surface area (Å²) in [6, 6.07) is 15.4. The van der Waals surface area contributed by atoms with Crippen LogP contribution in [0.1, 0.15) is 30.7 Å². The molecule has 3 aliphatic rings. The normalized spacial score (nSPS) is 34.5. The highest BCUT2D eigenvalue weighted by Crippen LogP contribution is 2.50. The zero-order chi connectivity index (χ0) is 16.3. The molecule has 3 fully saturated rings. The number of nitrogens with two attached hydrogens (primary N) is 1. The number of hydrogen-bond acceptors (Lipinski definition) is 2. The van der Waals surface area contributed by atoms with Crippen molar-refractivity contribution in [2.24, 2.45) is 23.5 Å². The minimum absolute atomic E-state index is 0.196. The first-order chi connectivity index (χ1) is 11.7. The van der Waals surface area contributed by atoms with Crippen molar-refractivity contribution in [1.29, 1.82) is 0 Å². The Balaban J connectivity index is 1.30. The van der Waals surface area contributed by atoms with Gasteiger partial charge < -0.3 is 10.6 Å². The third-order valence-corrected chi connectivity index (χ3v) is 6.53. The minimum atomic E-state index is 0.196. The Morgan fingerprint density at radius 2 is 1.88 bits per heavy atom. The molecular formula is C21H24N2O. The molecule has 5 unspecified atom stereocenters. The minimum Gasteiger partial charge on any atom is -0.342 e. The van der Waals surface area contributed by atoms with Crippen molar-refractivity contribution >= 4 is 16.7 Å². The van der Waals surface area contributed by atoms with Gasteiger partial charge in [0.05, 0.1) is 0 Å². The maximum Gasteiger partial charge on any atom is 0.226 e. The van der Waals surface area contributed by atoms with Crippen LogP contribution in [0.25, 0.3) is 10.8 Å². The average Bonchev–Trinajstić information content (AvgIpc) is 3.18. The van der Waals surface area contributed by atoms with Gasteiger partial charge in [0.2, 0.25) is 5.91 Å². The second-order valence-electron chi connectivity index (χ2n) is 7.96. The highest BCUT2D eigenvalue weighted by molar-refractivity contribution is 5.86. The summed E-state index contributed by atoms with van der Waals surface area (Å²) in [5.74, 6) is 2.18. The third-order valence-electron chi connectivity index (χ3n) is 6.53. The lowest BCUT2D eigenvalue weighted by molar-refractivity contribution is -0.131. The van der Waals surface area contributed by atoms with E-state index in [1.165, 1.54) is 22.8 Å². The van der Waals surface area contributed by atoms with Gasteiger partial charge in [-0.2, -0.15) is 0 Å². The van der Waals surface area contributed by atoms with E-state index >= 15 is 0 Å². The second-order valence-corrected chi connectivity index (χ2v) is 7.96. The van der Waals surface area contributed by atoms with E-state index in [4.69, 9.17) is 5.73 Å². The first-order valence-electron chi connectivity index (χ1n) is 9.24. The summed E-state index contributed by atoms with van der Waals surface area (Å²) in [5.41, 5.74) is 7.53. The quantitative estimate of drug-likeness (QED) is 0.924. The van der Waals surface area contributed by atoms with Crippen molar-refractivity contribution in [3.05, 3.63) is 48.0 Å². The monoisotopic (exact) mass is 320 g/mol.